The van der Waals surface area contributed by atoms with Crippen LogP contribution in [0.2, 0.25) is 0 Å². The highest BCUT2D eigenvalue weighted by Gasteiger charge is 2.16. The Morgan fingerprint density at radius 3 is 2.40 bits per heavy atom. The summed E-state index contributed by atoms with van der Waals surface area (Å²) in [6.45, 7) is 0. The number of hydrogen-bond acceptors (Lipinski definition) is 4. The minimum atomic E-state index is -3.68. The molecule has 0 unspecified atom stereocenters. The van der Waals surface area contributed by atoms with Crippen molar-refractivity contribution in [3.63, 3.8) is 0 Å². The Balaban J connectivity index is 2.07. The Bertz CT molecular complexity index is 465. The maximum atomic E-state index is 11.6. The van der Waals surface area contributed by atoms with Crippen molar-refractivity contribution in [1.82, 2.24) is 5.48 Å². The Hall–Kier alpha value is -1.33. The Morgan fingerprint density at radius 2 is 1.87 bits per heavy atom. The van der Waals surface area contributed by atoms with Gasteiger partial charge >= 0.3 is 10.1 Å². The quantitative estimate of drug-likeness (QED) is 0.790. The van der Waals surface area contributed by atoms with Crippen LogP contribution in [0.1, 0.15) is 12.8 Å². The summed E-state index contributed by atoms with van der Waals surface area (Å²) in [5, 5.41) is 0. The van der Waals surface area contributed by atoms with E-state index in [-0.39, 0.29) is 4.90 Å². The van der Waals surface area contributed by atoms with Crippen LogP contribution in [-0.2, 0) is 14.4 Å². The molecule has 1 aliphatic rings. The van der Waals surface area contributed by atoms with Crippen molar-refractivity contribution in [2.45, 2.75) is 17.7 Å². The van der Waals surface area contributed by atoms with Crippen molar-refractivity contribution in [1.29, 1.82) is 0 Å². The SMILES string of the molecule is O=S(=O)(ONC1=CCC1)c1ccccc1. The van der Waals surface area contributed by atoms with E-state index in [0.29, 0.717) is 0 Å². The average molecular weight is 225 g/mol. The van der Waals surface area contributed by atoms with Gasteiger partial charge in [-0.25, -0.2) is 0 Å². The van der Waals surface area contributed by atoms with E-state index in [1.54, 1.807) is 18.2 Å². The van der Waals surface area contributed by atoms with Crippen LogP contribution >= 0.6 is 0 Å². The number of benzene rings is 1. The summed E-state index contributed by atoms with van der Waals surface area (Å²) in [4.78, 5) is 0.150. The van der Waals surface area contributed by atoms with Crippen LogP contribution in [0.4, 0.5) is 0 Å². The summed E-state index contributed by atoms with van der Waals surface area (Å²) < 4.78 is 27.8. The molecule has 80 valence electrons. The lowest BCUT2D eigenvalue weighted by Crippen LogP contribution is -2.22. The highest BCUT2D eigenvalue weighted by molar-refractivity contribution is 7.86. The van der Waals surface area contributed by atoms with E-state index in [1.807, 2.05) is 6.08 Å². The zero-order valence-electron chi connectivity index (χ0n) is 8.01. The summed E-state index contributed by atoms with van der Waals surface area (Å²) in [5.41, 5.74) is 3.25. The first-order chi connectivity index (χ1) is 7.18. The molecule has 2 rings (SSSR count). The molecule has 1 aromatic rings. The number of hydrogen-bond donors (Lipinski definition) is 1. The van der Waals surface area contributed by atoms with Crippen LogP contribution in [0.5, 0.6) is 0 Å². The first kappa shape index (κ1) is 10.2. The van der Waals surface area contributed by atoms with Gasteiger partial charge < -0.3 is 0 Å². The standard InChI is InChI=1S/C10H11NO3S/c12-15(13,10-7-2-1-3-8-10)14-11-9-5-4-6-9/h1-3,5,7-8,11H,4,6H2. The number of hydroxylamine groups is 1. The highest BCUT2D eigenvalue weighted by Crippen LogP contribution is 2.16. The van der Waals surface area contributed by atoms with E-state index >= 15 is 0 Å². The maximum Gasteiger partial charge on any atom is 0.317 e. The minimum Gasteiger partial charge on any atom is -0.254 e. The average Bonchev–Trinajstić information content (AvgIpc) is 2.16. The van der Waals surface area contributed by atoms with Crippen LogP contribution in [-0.4, -0.2) is 8.42 Å². The summed E-state index contributed by atoms with van der Waals surface area (Å²) in [6.07, 6.45) is 3.70. The van der Waals surface area contributed by atoms with Gasteiger partial charge in [0, 0.05) is 5.70 Å². The van der Waals surface area contributed by atoms with Gasteiger partial charge in [0.25, 0.3) is 0 Å². The first-order valence-electron chi connectivity index (χ1n) is 4.62. The summed E-state index contributed by atoms with van der Waals surface area (Å²) in [7, 11) is -3.68. The van der Waals surface area contributed by atoms with Crippen molar-refractivity contribution in [3.8, 4) is 0 Å². The molecule has 0 saturated carbocycles. The summed E-state index contributed by atoms with van der Waals surface area (Å²) in [6, 6.07) is 8.04. The summed E-state index contributed by atoms with van der Waals surface area (Å²) in [5.74, 6) is 0. The largest absolute Gasteiger partial charge is 0.317 e. The maximum absolute atomic E-state index is 11.6. The van der Waals surface area contributed by atoms with Gasteiger partial charge in [0.1, 0.15) is 0 Å². The second-order valence-electron chi connectivity index (χ2n) is 3.22. The summed E-state index contributed by atoms with van der Waals surface area (Å²) >= 11 is 0. The zero-order valence-corrected chi connectivity index (χ0v) is 8.83. The molecule has 0 radical (unpaired) electrons. The van der Waals surface area contributed by atoms with Crippen molar-refractivity contribution in [2.24, 2.45) is 0 Å². The van der Waals surface area contributed by atoms with Gasteiger partial charge in [-0.2, -0.15) is 8.42 Å². The zero-order chi connectivity index (χ0) is 10.7. The van der Waals surface area contributed by atoms with E-state index in [9.17, 15) is 8.42 Å². The smallest absolute Gasteiger partial charge is 0.254 e. The normalized spacial score (nSPS) is 15.3. The third kappa shape index (κ3) is 2.37. The predicted molar refractivity (Wildman–Crippen MR) is 55.2 cm³/mol. The fourth-order valence-electron chi connectivity index (χ4n) is 1.13. The van der Waals surface area contributed by atoms with E-state index in [1.165, 1.54) is 12.1 Å². The molecule has 0 saturated heterocycles. The van der Waals surface area contributed by atoms with Crippen molar-refractivity contribution in [3.05, 3.63) is 42.1 Å². The molecule has 1 aliphatic carbocycles. The molecule has 0 heterocycles. The minimum absolute atomic E-state index is 0.150. The molecule has 4 nitrogen and oxygen atoms in total. The van der Waals surface area contributed by atoms with Gasteiger partial charge in [0.2, 0.25) is 0 Å². The molecule has 0 atom stereocenters. The first-order valence-corrected chi connectivity index (χ1v) is 6.03. The van der Waals surface area contributed by atoms with Gasteiger partial charge in [-0.15, -0.1) is 4.28 Å². The molecule has 0 aliphatic heterocycles. The van der Waals surface area contributed by atoms with Crippen LogP contribution < -0.4 is 5.48 Å². The molecule has 0 aromatic heterocycles. The Labute approximate surface area is 88.6 Å². The lowest BCUT2D eigenvalue weighted by molar-refractivity contribution is 0.227. The second-order valence-corrected chi connectivity index (χ2v) is 4.77. The van der Waals surface area contributed by atoms with Crippen LogP contribution in [0.25, 0.3) is 0 Å². The van der Waals surface area contributed by atoms with Gasteiger partial charge in [-0.1, -0.05) is 24.3 Å². The van der Waals surface area contributed by atoms with Gasteiger partial charge in [0.15, 0.2) is 0 Å². The van der Waals surface area contributed by atoms with E-state index in [0.717, 1.165) is 18.5 Å². The van der Waals surface area contributed by atoms with E-state index in [2.05, 4.69) is 9.76 Å². The molecular formula is C10H11NO3S. The molecule has 0 fully saturated rings. The third-order valence-corrected chi connectivity index (χ3v) is 3.27. The van der Waals surface area contributed by atoms with Gasteiger partial charge in [-0.3, -0.25) is 5.48 Å². The lowest BCUT2D eigenvalue weighted by Gasteiger charge is -2.15. The van der Waals surface area contributed by atoms with Crippen LogP contribution in [0.15, 0.2) is 47.0 Å². The molecule has 1 aromatic carbocycles. The van der Waals surface area contributed by atoms with Crippen LogP contribution in [0, 0.1) is 0 Å². The number of rotatable bonds is 4. The van der Waals surface area contributed by atoms with Crippen LogP contribution in [0.3, 0.4) is 0 Å². The topological polar surface area (TPSA) is 55.4 Å². The van der Waals surface area contributed by atoms with Crippen molar-refractivity contribution < 1.29 is 12.7 Å². The second kappa shape index (κ2) is 4.04. The predicted octanol–water partition coefficient (Wildman–Crippen LogP) is 1.57. The number of allylic oxidation sites excluding steroid dienone is 2. The molecule has 0 spiro atoms. The molecule has 5 heteroatoms. The molecule has 15 heavy (non-hydrogen) atoms. The molecule has 0 amide bonds. The fraction of sp³-hybridized carbons (Fsp3) is 0.200. The molecule has 0 bridgehead atoms. The molecular weight excluding hydrogens is 214 g/mol. The fourth-order valence-corrected chi connectivity index (χ4v) is 1.93. The van der Waals surface area contributed by atoms with E-state index in [4.69, 9.17) is 0 Å². The Morgan fingerprint density at radius 1 is 1.20 bits per heavy atom. The van der Waals surface area contributed by atoms with E-state index < -0.39 is 10.1 Å². The van der Waals surface area contributed by atoms with Gasteiger partial charge in [-0.05, 0) is 25.0 Å². The lowest BCUT2D eigenvalue weighted by atomic mass is 10.1. The van der Waals surface area contributed by atoms with Gasteiger partial charge in [0.05, 0.1) is 4.90 Å². The van der Waals surface area contributed by atoms with Crippen molar-refractivity contribution in [2.75, 3.05) is 0 Å². The van der Waals surface area contributed by atoms with Crippen molar-refractivity contribution >= 4 is 10.1 Å². The molecule has 1 N–H and O–H groups in total. The monoisotopic (exact) mass is 225 g/mol. The Kier molecular flexibility index (Phi) is 2.75. The highest BCUT2D eigenvalue weighted by atomic mass is 32.2. The third-order valence-electron chi connectivity index (χ3n) is 2.12. The number of nitrogens with one attached hydrogen (secondary N) is 1.